The van der Waals surface area contributed by atoms with Gasteiger partial charge in [0.25, 0.3) is 0 Å². The molecule has 0 spiro atoms. The summed E-state index contributed by atoms with van der Waals surface area (Å²) in [5.74, 6) is 2.15. The predicted octanol–water partition coefficient (Wildman–Crippen LogP) is 11.8. The topological polar surface area (TPSA) is 22.4 Å². The number of ether oxygens (including phenoxy) is 1. The van der Waals surface area contributed by atoms with E-state index in [1.54, 1.807) is 5.56 Å². The number of hydrogen-bond acceptors (Lipinski definition) is 4. The third-order valence-corrected chi connectivity index (χ3v) is 12.4. The molecule has 0 bridgehead atoms. The quantitative estimate of drug-likeness (QED) is 0.161. The Morgan fingerprint density at radius 2 is 1.38 bits per heavy atom. The van der Waals surface area contributed by atoms with E-state index in [0.29, 0.717) is 0 Å². The summed E-state index contributed by atoms with van der Waals surface area (Å²) in [6, 6.07) is 9.74. The zero-order valence-electron chi connectivity index (χ0n) is 24.7. The van der Waals surface area contributed by atoms with Crippen molar-refractivity contribution in [2.75, 3.05) is 6.61 Å². The minimum atomic E-state index is 0.0465. The van der Waals surface area contributed by atoms with Gasteiger partial charge >= 0.3 is 0 Å². The molecule has 39 heavy (non-hydrogen) atoms. The van der Waals surface area contributed by atoms with Gasteiger partial charge in [0.2, 0.25) is 0 Å². The molecule has 4 heteroatoms. The van der Waals surface area contributed by atoms with Crippen molar-refractivity contribution in [3.8, 4) is 26.8 Å². The first-order valence-electron chi connectivity index (χ1n) is 15.5. The lowest BCUT2D eigenvalue weighted by molar-refractivity contribution is 0.313. The van der Waals surface area contributed by atoms with E-state index in [1.165, 1.54) is 74.2 Å². The number of furan rings is 1. The van der Waals surface area contributed by atoms with E-state index in [2.05, 4.69) is 65.8 Å². The van der Waals surface area contributed by atoms with E-state index in [1.807, 2.05) is 22.7 Å². The van der Waals surface area contributed by atoms with Crippen LogP contribution < -0.4 is 4.74 Å². The molecule has 0 N–H and O–H groups in total. The summed E-state index contributed by atoms with van der Waals surface area (Å²) in [5, 5.41) is 1.10. The molecule has 0 radical (unpaired) electrons. The van der Waals surface area contributed by atoms with Crippen LogP contribution in [-0.2, 0) is 10.8 Å². The minimum Gasteiger partial charge on any atom is -0.484 e. The Morgan fingerprint density at radius 1 is 0.718 bits per heavy atom. The van der Waals surface area contributed by atoms with E-state index in [0.717, 1.165) is 55.3 Å². The highest BCUT2D eigenvalue weighted by Crippen LogP contribution is 2.63. The SMILES string of the molecule is CCCCCCCCOc1cc2sc3c(c2s1)C(CC)(CC)c1cc2c(cc1-3)C(CC)(CC)c1cc(C)oc1-2. The fourth-order valence-corrected chi connectivity index (χ4v) is 10.5. The molecule has 0 aliphatic heterocycles. The molecular weight excluding hydrogens is 517 g/mol. The summed E-state index contributed by atoms with van der Waals surface area (Å²) in [6.07, 6.45) is 12.2. The molecule has 2 aliphatic carbocycles. The van der Waals surface area contributed by atoms with Crippen LogP contribution in [0.1, 0.15) is 127 Å². The summed E-state index contributed by atoms with van der Waals surface area (Å²) in [6.45, 7) is 14.7. The summed E-state index contributed by atoms with van der Waals surface area (Å²) >= 11 is 3.88. The minimum absolute atomic E-state index is 0.0465. The van der Waals surface area contributed by atoms with Gasteiger partial charge in [-0.05, 0) is 79.5 Å². The van der Waals surface area contributed by atoms with Crippen LogP contribution in [0.3, 0.4) is 0 Å². The van der Waals surface area contributed by atoms with Crippen molar-refractivity contribution in [1.29, 1.82) is 0 Å². The molecule has 0 amide bonds. The molecule has 3 heterocycles. The number of thiophene rings is 2. The van der Waals surface area contributed by atoms with Crippen molar-refractivity contribution < 1.29 is 9.15 Å². The Bertz CT molecular complexity index is 1490. The van der Waals surface area contributed by atoms with E-state index in [-0.39, 0.29) is 10.8 Å². The van der Waals surface area contributed by atoms with Crippen LogP contribution >= 0.6 is 22.7 Å². The second-order valence-corrected chi connectivity index (χ2v) is 13.9. The molecule has 1 aromatic carbocycles. The summed E-state index contributed by atoms with van der Waals surface area (Å²) in [7, 11) is 0. The fourth-order valence-electron chi connectivity index (χ4n) is 7.73. The molecule has 6 rings (SSSR count). The molecule has 0 saturated carbocycles. The number of aryl methyl sites for hydroxylation is 1. The number of benzene rings is 1. The second-order valence-electron chi connectivity index (χ2n) is 11.8. The Kier molecular flexibility index (Phi) is 7.25. The summed E-state index contributed by atoms with van der Waals surface area (Å²) in [5.41, 5.74) is 8.88. The van der Waals surface area contributed by atoms with Crippen molar-refractivity contribution in [1.82, 2.24) is 0 Å². The smallest absolute Gasteiger partial charge is 0.175 e. The van der Waals surface area contributed by atoms with Crippen LogP contribution in [0, 0.1) is 6.92 Å². The van der Waals surface area contributed by atoms with Crippen molar-refractivity contribution in [2.45, 2.75) is 117 Å². The molecule has 0 atom stereocenters. The van der Waals surface area contributed by atoms with Gasteiger partial charge in [-0.1, -0.05) is 78.1 Å². The van der Waals surface area contributed by atoms with E-state index in [9.17, 15) is 0 Å². The van der Waals surface area contributed by atoms with Gasteiger partial charge in [0.05, 0.1) is 11.3 Å². The number of unbranched alkanes of at least 4 members (excludes halogenated alkanes) is 5. The first-order valence-corrected chi connectivity index (χ1v) is 17.1. The van der Waals surface area contributed by atoms with Crippen molar-refractivity contribution in [3.63, 3.8) is 0 Å². The standard InChI is InChI=1S/C35H44O2S2/c1-7-12-13-14-15-16-17-36-29-21-28-33(39-29)30-32(38-28)24-20-25-23(19-26(24)35(30,10-4)11-5)31-27(18-22(6)37-31)34(25,8-2)9-3/h18-21H,7-17H2,1-6H3. The van der Waals surface area contributed by atoms with Gasteiger partial charge in [-0.3, -0.25) is 0 Å². The van der Waals surface area contributed by atoms with Gasteiger partial charge in [0.1, 0.15) is 11.5 Å². The van der Waals surface area contributed by atoms with E-state index >= 15 is 0 Å². The normalized spacial score (nSPS) is 15.9. The Hall–Kier alpha value is -2.04. The Balaban J connectivity index is 1.39. The predicted molar refractivity (Wildman–Crippen MR) is 169 cm³/mol. The van der Waals surface area contributed by atoms with Gasteiger partial charge in [-0.15, -0.1) is 11.3 Å². The van der Waals surface area contributed by atoms with Gasteiger partial charge in [-0.2, -0.15) is 0 Å². The van der Waals surface area contributed by atoms with Crippen LogP contribution in [0.15, 0.2) is 28.7 Å². The van der Waals surface area contributed by atoms with Crippen molar-refractivity contribution in [3.05, 3.63) is 52.3 Å². The van der Waals surface area contributed by atoms with Crippen LogP contribution in [0.4, 0.5) is 0 Å². The molecule has 2 aliphatic rings. The molecule has 3 aromatic heterocycles. The fraction of sp³-hybridized carbons (Fsp3) is 0.543. The molecule has 0 fully saturated rings. The Morgan fingerprint density at radius 3 is 2.10 bits per heavy atom. The molecule has 4 aromatic rings. The lowest BCUT2D eigenvalue weighted by Crippen LogP contribution is -2.24. The van der Waals surface area contributed by atoms with Gasteiger partial charge in [-0.25, -0.2) is 0 Å². The summed E-state index contributed by atoms with van der Waals surface area (Å²) < 4.78 is 15.6. The van der Waals surface area contributed by atoms with Gasteiger partial charge in [0.15, 0.2) is 5.06 Å². The molecule has 2 nitrogen and oxygen atoms in total. The molecule has 208 valence electrons. The first-order chi connectivity index (χ1) is 19.0. The monoisotopic (exact) mass is 560 g/mol. The number of hydrogen-bond donors (Lipinski definition) is 0. The van der Waals surface area contributed by atoms with Crippen LogP contribution in [0.25, 0.3) is 31.2 Å². The van der Waals surface area contributed by atoms with Crippen LogP contribution in [0.5, 0.6) is 5.06 Å². The zero-order valence-corrected chi connectivity index (χ0v) is 26.4. The van der Waals surface area contributed by atoms with Crippen LogP contribution in [-0.4, -0.2) is 6.61 Å². The van der Waals surface area contributed by atoms with Gasteiger partial charge in [0, 0.05) is 37.6 Å². The molecular formula is C35H44O2S2. The first kappa shape index (κ1) is 27.1. The average molecular weight is 561 g/mol. The number of fused-ring (bicyclic) bond motifs is 8. The number of rotatable bonds is 12. The molecule has 0 unspecified atom stereocenters. The lowest BCUT2D eigenvalue weighted by Gasteiger charge is -2.31. The Labute approximate surface area is 242 Å². The van der Waals surface area contributed by atoms with Gasteiger partial charge < -0.3 is 9.15 Å². The largest absolute Gasteiger partial charge is 0.484 e. The summed E-state index contributed by atoms with van der Waals surface area (Å²) in [4.78, 5) is 1.50. The average Bonchev–Trinajstić information content (AvgIpc) is 3.71. The highest BCUT2D eigenvalue weighted by atomic mass is 32.1. The maximum absolute atomic E-state index is 6.40. The van der Waals surface area contributed by atoms with Crippen LogP contribution in [0.2, 0.25) is 0 Å². The maximum atomic E-state index is 6.40. The van der Waals surface area contributed by atoms with Crippen molar-refractivity contribution in [2.24, 2.45) is 0 Å². The second kappa shape index (κ2) is 10.4. The third-order valence-electron chi connectivity index (χ3n) is 10.0. The maximum Gasteiger partial charge on any atom is 0.175 e. The van der Waals surface area contributed by atoms with Crippen molar-refractivity contribution >= 4 is 32.1 Å². The third kappa shape index (κ3) is 3.91. The highest BCUT2D eigenvalue weighted by molar-refractivity contribution is 7.30. The van der Waals surface area contributed by atoms with E-state index in [4.69, 9.17) is 9.15 Å². The highest BCUT2D eigenvalue weighted by Gasteiger charge is 2.49. The van der Waals surface area contributed by atoms with E-state index < -0.39 is 0 Å². The molecule has 0 saturated heterocycles. The zero-order chi connectivity index (χ0) is 27.4. The lowest BCUT2D eigenvalue weighted by atomic mass is 9.71.